The van der Waals surface area contributed by atoms with E-state index in [1.807, 2.05) is 42.5 Å². The number of halogens is 2. The molecule has 0 atom stereocenters. The first-order valence-corrected chi connectivity index (χ1v) is 11.2. The van der Waals surface area contributed by atoms with Gasteiger partial charge in [0.05, 0.1) is 24.8 Å². The number of anilines is 1. The highest BCUT2D eigenvalue weighted by Gasteiger charge is 2.30. The van der Waals surface area contributed by atoms with E-state index in [4.69, 9.17) is 26.1 Å². The maximum Gasteiger partial charge on any atom is 0.270 e. The predicted octanol–water partition coefficient (Wildman–Crippen LogP) is 5.40. The molecule has 3 heterocycles. The Labute approximate surface area is 205 Å². The first-order valence-electron chi connectivity index (χ1n) is 9.98. The summed E-state index contributed by atoms with van der Waals surface area (Å²) in [6.07, 6.45) is 4.07. The monoisotopic (exact) mass is 502 g/mol. The molecule has 7 nitrogen and oxygen atoms in total. The number of thiazole rings is 1. The number of aromatic amines is 1. The number of hydrogen-bond acceptors (Lipinski definition) is 6. The minimum Gasteiger partial charge on any atom is -0.493 e. The van der Waals surface area contributed by atoms with Gasteiger partial charge in [0.2, 0.25) is 0 Å². The molecule has 4 aromatic rings. The number of amides is 1. The Hall–Kier alpha value is -3.07. The first kappa shape index (κ1) is 23.1. The fourth-order valence-corrected chi connectivity index (χ4v) is 4.75. The van der Waals surface area contributed by atoms with E-state index in [-0.39, 0.29) is 18.3 Å². The van der Waals surface area contributed by atoms with E-state index >= 15 is 0 Å². The molecule has 170 valence electrons. The van der Waals surface area contributed by atoms with Crippen molar-refractivity contribution in [2.45, 2.75) is 13.0 Å². The summed E-state index contributed by atoms with van der Waals surface area (Å²) in [6, 6.07) is 13.0. The van der Waals surface area contributed by atoms with Crippen molar-refractivity contribution in [2.24, 2.45) is 0 Å². The smallest absolute Gasteiger partial charge is 0.270 e. The molecule has 0 bridgehead atoms. The first-order chi connectivity index (χ1) is 15.6. The molecule has 1 aliphatic rings. The summed E-state index contributed by atoms with van der Waals surface area (Å²) in [7, 11) is 1.58. The van der Waals surface area contributed by atoms with Crippen molar-refractivity contribution < 1.29 is 14.3 Å². The Kier molecular flexibility index (Phi) is 6.88. The Morgan fingerprint density at radius 1 is 1.18 bits per heavy atom. The topological polar surface area (TPSA) is 80.3 Å². The van der Waals surface area contributed by atoms with Gasteiger partial charge in [-0.1, -0.05) is 23.7 Å². The van der Waals surface area contributed by atoms with Gasteiger partial charge in [-0.05, 0) is 24.3 Å². The van der Waals surface area contributed by atoms with E-state index in [0.717, 1.165) is 27.6 Å². The molecule has 0 unspecified atom stereocenters. The number of carbonyl (C=O) groups excluding carboxylic acids is 1. The SMILES string of the molecule is COc1cc(N2CCc3nc(-c4ccc(Cl)cc4)sc3C2=O)ccc1OCc1c[nH]cn1.Cl. The van der Waals surface area contributed by atoms with Gasteiger partial charge in [-0.3, -0.25) is 4.79 Å². The predicted molar refractivity (Wildman–Crippen MR) is 131 cm³/mol. The second-order valence-corrected chi connectivity index (χ2v) is 8.63. The number of nitrogens with one attached hydrogen (secondary N) is 1. The van der Waals surface area contributed by atoms with Crippen LogP contribution in [0.4, 0.5) is 5.69 Å². The summed E-state index contributed by atoms with van der Waals surface area (Å²) >= 11 is 7.40. The van der Waals surface area contributed by atoms with Gasteiger partial charge in [0.25, 0.3) is 5.91 Å². The molecule has 0 saturated carbocycles. The fraction of sp³-hybridized carbons (Fsp3) is 0.174. The Morgan fingerprint density at radius 3 is 2.73 bits per heavy atom. The van der Waals surface area contributed by atoms with E-state index in [1.165, 1.54) is 11.3 Å². The van der Waals surface area contributed by atoms with Crippen LogP contribution in [0.15, 0.2) is 55.0 Å². The Balaban J connectivity index is 0.00000259. The number of nitrogens with zero attached hydrogens (tertiary/aromatic N) is 3. The van der Waals surface area contributed by atoms with Gasteiger partial charge in [0, 0.05) is 41.5 Å². The number of H-pyrrole nitrogens is 1. The van der Waals surface area contributed by atoms with Gasteiger partial charge in [-0.15, -0.1) is 23.7 Å². The van der Waals surface area contributed by atoms with Crippen LogP contribution in [-0.2, 0) is 13.0 Å². The molecule has 5 rings (SSSR count). The van der Waals surface area contributed by atoms with Gasteiger partial charge in [0.15, 0.2) is 11.5 Å². The number of benzene rings is 2. The van der Waals surface area contributed by atoms with E-state index in [2.05, 4.69) is 9.97 Å². The molecule has 1 aliphatic heterocycles. The molecule has 2 aromatic heterocycles. The number of carbonyl (C=O) groups is 1. The van der Waals surface area contributed by atoms with Gasteiger partial charge < -0.3 is 19.4 Å². The number of rotatable bonds is 6. The minimum atomic E-state index is -0.0591. The van der Waals surface area contributed by atoms with Crippen molar-refractivity contribution in [2.75, 3.05) is 18.6 Å². The van der Waals surface area contributed by atoms with E-state index in [0.29, 0.717) is 41.0 Å². The van der Waals surface area contributed by atoms with E-state index in [9.17, 15) is 4.79 Å². The average molecular weight is 503 g/mol. The lowest BCUT2D eigenvalue weighted by Gasteiger charge is -2.26. The fourth-order valence-electron chi connectivity index (χ4n) is 3.56. The summed E-state index contributed by atoms with van der Waals surface area (Å²) in [6.45, 7) is 0.867. The molecule has 33 heavy (non-hydrogen) atoms. The van der Waals surface area contributed by atoms with Crippen LogP contribution in [0, 0.1) is 0 Å². The molecule has 0 fully saturated rings. The molecule has 2 aromatic carbocycles. The Morgan fingerprint density at radius 2 is 2.00 bits per heavy atom. The Bertz CT molecular complexity index is 1260. The maximum absolute atomic E-state index is 13.3. The third-order valence-corrected chi connectivity index (χ3v) is 6.58. The highest BCUT2D eigenvalue weighted by Crippen LogP contribution is 2.37. The number of imidazole rings is 1. The molecule has 0 radical (unpaired) electrons. The normalized spacial score (nSPS) is 12.8. The molecular weight excluding hydrogens is 483 g/mol. The molecule has 0 spiro atoms. The molecule has 0 aliphatic carbocycles. The van der Waals surface area contributed by atoms with Crippen LogP contribution >= 0.6 is 35.3 Å². The second kappa shape index (κ2) is 9.82. The average Bonchev–Trinajstić information content (AvgIpc) is 3.49. The number of hydrogen-bond donors (Lipinski definition) is 1. The second-order valence-electron chi connectivity index (χ2n) is 7.19. The number of ether oxygens (including phenoxy) is 2. The van der Waals surface area contributed by atoms with Crippen LogP contribution in [0.25, 0.3) is 10.6 Å². The van der Waals surface area contributed by atoms with Gasteiger partial charge in [0.1, 0.15) is 16.5 Å². The van der Waals surface area contributed by atoms with Crippen LogP contribution in [0.1, 0.15) is 21.1 Å². The third-order valence-electron chi connectivity index (χ3n) is 5.19. The summed E-state index contributed by atoms with van der Waals surface area (Å²) in [5.74, 6) is 1.09. The maximum atomic E-state index is 13.3. The number of methoxy groups -OCH3 is 1. The summed E-state index contributed by atoms with van der Waals surface area (Å²) in [4.78, 5) is 27.4. The standard InChI is InChI=1S/C23H19ClN4O3S.ClH/c1-30-20-10-17(6-7-19(20)31-12-16-11-25-13-26-16)28-9-8-18-21(23(28)29)32-22(27-18)14-2-4-15(24)5-3-14;/h2-7,10-11,13H,8-9,12H2,1H3,(H,25,26);1H. The van der Waals surface area contributed by atoms with Crippen molar-refractivity contribution in [1.29, 1.82) is 0 Å². The lowest BCUT2D eigenvalue weighted by Crippen LogP contribution is -2.36. The zero-order chi connectivity index (χ0) is 22.1. The van der Waals surface area contributed by atoms with Crippen LogP contribution in [0.3, 0.4) is 0 Å². The lowest BCUT2D eigenvalue weighted by atomic mass is 10.1. The van der Waals surface area contributed by atoms with E-state index < -0.39 is 0 Å². The van der Waals surface area contributed by atoms with Gasteiger partial charge >= 0.3 is 0 Å². The molecule has 1 amide bonds. The van der Waals surface area contributed by atoms with Crippen LogP contribution in [0.2, 0.25) is 5.02 Å². The quantitative estimate of drug-likeness (QED) is 0.381. The van der Waals surface area contributed by atoms with Gasteiger partial charge in [-0.25, -0.2) is 9.97 Å². The zero-order valence-electron chi connectivity index (χ0n) is 17.6. The largest absolute Gasteiger partial charge is 0.493 e. The molecule has 10 heteroatoms. The third kappa shape index (κ3) is 4.68. The molecule has 0 saturated heterocycles. The van der Waals surface area contributed by atoms with Crippen LogP contribution in [0.5, 0.6) is 11.5 Å². The van der Waals surface area contributed by atoms with Crippen LogP contribution in [-0.4, -0.2) is 34.5 Å². The van der Waals surface area contributed by atoms with Crippen molar-refractivity contribution in [3.63, 3.8) is 0 Å². The minimum absolute atomic E-state index is 0. The number of aromatic nitrogens is 3. The van der Waals surface area contributed by atoms with Crippen molar-refractivity contribution in [3.8, 4) is 22.1 Å². The summed E-state index contributed by atoms with van der Waals surface area (Å²) in [5, 5.41) is 1.49. The molecule has 1 N–H and O–H groups in total. The van der Waals surface area contributed by atoms with Crippen molar-refractivity contribution in [1.82, 2.24) is 15.0 Å². The summed E-state index contributed by atoms with van der Waals surface area (Å²) < 4.78 is 11.3. The highest BCUT2D eigenvalue weighted by atomic mass is 35.5. The molecular formula is C23H20Cl2N4O3S. The van der Waals surface area contributed by atoms with Crippen LogP contribution < -0.4 is 14.4 Å². The van der Waals surface area contributed by atoms with Crippen molar-refractivity contribution in [3.05, 3.63) is 76.3 Å². The highest BCUT2D eigenvalue weighted by molar-refractivity contribution is 7.17. The van der Waals surface area contributed by atoms with Crippen molar-refractivity contribution >= 4 is 46.9 Å². The lowest BCUT2D eigenvalue weighted by molar-refractivity contribution is 0.0984. The van der Waals surface area contributed by atoms with E-state index in [1.54, 1.807) is 24.5 Å². The zero-order valence-corrected chi connectivity index (χ0v) is 20.0. The summed E-state index contributed by atoms with van der Waals surface area (Å²) in [5.41, 5.74) is 3.34. The number of fused-ring (bicyclic) bond motifs is 1. The van der Waals surface area contributed by atoms with Gasteiger partial charge in [-0.2, -0.15) is 0 Å².